The van der Waals surface area contributed by atoms with E-state index in [2.05, 4.69) is 10.1 Å². The van der Waals surface area contributed by atoms with Crippen molar-refractivity contribution in [2.75, 3.05) is 19.8 Å². The summed E-state index contributed by atoms with van der Waals surface area (Å²) in [6.07, 6.45) is 1.50. The molecule has 2 rings (SSSR count). The number of rotatable bonds is 7. The average Bonchev–Trinajstić information content (AvgIpc) is 3.11. The maximum absolute atomic E-state index is 12.9. The largest absolute Gasteiger partial charge is 0.459 e. The first-order chi connectivity index (χ1) is 11.8. The zero-order valence-corrected chi connectivity index (χ0v) is 13.6. The Morgan fingerprint density at radius 3 is 2.52 bits per heavy atom. The van der Waals surface area contributed by atoms with Gasteiger partial charge in [0.25, 0.3) is 0 Å². The summed E-state index contributed by atoms with van der Waals surface area (Å²) in [7, 11) is 0. The van der Waals surface area contributed by atoms with Crippen LogP contribution >= 0.6 is 0 Å². The minimum absolute atomic E-state index is 0.0711. The van der Waals surface area contributed by atoms with Gasteiger partial charge in [0, 0.05) is 13.2 Å². The molecule has 1 fully saturated rings. The van der Waals surface area contributed by atoms with Gasteiger partial charge in [-0.25, -0.2) is 8.78 Å². The Bertz CT molecular complexity index is 506. The highest BCUT2D eigenvalue weighted by molar-refractivity contribution is 5.86. The molecule has 25 heavy (non-hydrogen) atoms. The summed E-state index contributed by atoms with van der Waals surface area (Å²) in [4.78, 5) is 24.3. The van der Waals surface area contributed by atoms with E-state index < -0.39 is 42.7 Å². The first-order valence-electron chi connectivity index (χ1n) is 8.18. The minimum Gasteiger partial charge on any atom is -0.459 e. The molecule has 0 aromatic rings. The number of hydrogen-bond donors (Lipinski definition) is 1. The number of nitrogens with one attached hydrogen (secondary N) is 1. The van der Waals surface area contributed by atoms with E-state index in [1.165, 1.54) is 0 Å². The fourth-order valence-corrected chi connectivity index (χ4v) is 2.85. The Kier molecular flexibility index (Phi) is 6.80. The monoisotopic (exact) mass is 367 g/mol. The number of esters is 1. The van der Waals surface area contributed by atoms with Gasteiger partial charge in [0.2, 0.25) is 5.91 Å². The third-order valence-electron chi connectivity index (χ3n) is 4.33. The summed E-state index contributed by atoms with van der Waals surface area (Å²) in [5.74, 6) is -7.62. The number of amides is 1. The van der Waals surface area contributed by atoms with Crippen molar-refractivity contribution < 1.29 is 36.6 Å². The van der Waals surface area contributed by atoms with Crippen LogP contribution in [0.5, 0.6) is 0 Å². The van der Waals surface area contributed by atoms with Gasteiger partial charge < -0.3 is 14.8 Å². The van der Waals surface area contributed by atoms with Gasteiger partial charge in [-0.3, -0.25) is 9.59 Å². The van der Waals surface area contributed by atoms with Gasteiger partial charge in [0.1, 0.15) is 0 Å². The van der Waals surface area contributed by atoms with E-state index in [4.69, 9.17) is 4.74 Å². The Labute approximate surface area is 142 Å². The lowest BCUT2D eigenvalue weighted by atomic mass is 9.82. The number of carbonyl (C=O) groups is 2. The lowest BCUT2D eigenvalue weighted by Gasteiger charge is -2.27. The molecule has 1 heterocycles. The van der Waals surface area contributed by atoms with Gasteiger partial charge in [-0.1, -0.05) is 12.2 Å². The maximum atomic E-state index is 12.9. The number of carbonyl (C=O) groups excluding carboxylic acids is 2. The van der Waals surface area contributed by atoms with Gasteiger partial charge in [-0.05, 0) is 25.7 Å². The zero-order chi connectivity index (χ0) is 18.4. The third-order valence-corrected chi connectivity index (χ3v) is 4.33. The SMILES string of the molecule is O=C(OCC(F)(F)C(F)F)[C@H]1CC=CC[C@H]1C(=O)NC[C@H]1CCCO1. The molecular formula is C16H21F4NO4. The molecule has 5 nitrogen and oxygen atoms in total. The Hall–Kier alpha value is -1.64. The summed E-state index contributed by atoms with van der Waals surface area (Å²) in [5.41, 5.74) is 0. The van der Waals surface area contributed by atoms with E-state index in [9.17, 15) is 27.2 Å². The molecule has 0 radical (unpaired) electrons. The molecular weight excluding hydrogens is 346 g/mol. The van der Waals surface area contributed by atoms with Crippen LogP contribution in [0.2, 0.25) is 0 Å². The Morgan fingerprint density at radius 2 is 1.92 bits per heavy atom. The highest BCUT2D eigenvalue weighted by Crippen LogP contribution is 2.29. The molecule has 1 aliphatic heterocycles. The number of hydrogen-bond acceptors (Lipinski definition) is 4. The van der Waals surface area contributed by atoms with Crippen LogP contribution < -0.4 is 5.32 Å². The number of alkyl halides is 4. The fourth-order valence-electron chi connectivity index (χ4n) is 2.85. The molecule has 0 unspecified atom stereocenters. The highest BCUT2D eigenvalue weighted by atomic mass is 19.3. The first kappa shape index (κ1) is 19.7. The number of halogens is 4. The molecule has 1 saturated heterocycles. The molecule has 2 aliphatic rings. The predicted molar refractivity (Wildman–Crippen MR) is 79.2 cm³/mol. The smallest absolute Gasteiger partial charge is 0.340 e. The summed E-state index contributed by atoms with van der Waals surface area (Å²) < 4.78 is 59.8. The van der Waals surface area contributed by atoms with E-state index >= 15 is 0 Å². The van der Waals surface area contributed by atoms with E-state index in [1.807, 2.05) is 0 Å². The van der Waals surface area contributed by atoms with Crippen molar-refractivity contribution in [1.82, 2.24) is 5.32 Å². The van der Waals surface area contributed by atoms with Crippen molar-refractivity contribution in [1.29, 1.82) is 0 Å². The maximum Gasteiger partial charge on any atom is 0.340 e. The fraction of sp³-hybridized carbons (Fsp3) is 0.750. The predicted octanol–water partition coefficient (Wildman–Crippen LogP) is 2.31. The second-order valence-corrected chi connectivity index (χ2v) is 6.21. The van der Waals surface area contributed by atoms with E-state index in [1.54, 1.807) is 12.2 Å². The third kappa shape index (κ3) is 5.42. The van der Waals surface area contributed by atoms with Crippen molar-refractivity contribution in [2.45, 2.75) is 44.1 Å². The van der Waals surface area contributed by atoms with Crippen LogP contribution in [0.25, 0.3) is 0 Å². The van der Waals surface area contributed by atoms with Crippen LogP contribution in [0.4, 0.5) is 17.6 Å². The molecule has 0 aromatic carbocycles. The number of ether oxygens (including phenoxy) is 2. The molecule has 142 valence electrons. The Balaban J connectivity index is 1.89. The van der Waals surface area contributed by atoms with Crippen LogP contribution in [0.1, 0.15) is 25.7 Å². The van der Waals surface area contributed by atoms with Gasteiger partial charge in [0.15, 0.2) is 6.61 Å². The van der Waals surface area contributed by atoms with Gasteiger partial charge >= 0.3 is 18.3 Å². The van der Waals surface area contributed by atoms with Crippen molar-refractivity contribution >= 4 is 11.9 Å². The molecule has 0 aromatic heterocycles. The van der Waals surface area contributed by atoms with Gasteiger partial charge in [0.05, 0.1) is 17.9 Å². The van der Waals surface area contributed by atoms with Crippen LogP contribution in [0.15, 0.2) is 12.2 Å². The van der Waals surface area contributed by atoms with Crippen LogP contribution in [-0.2, 0) is 19.1 Å². The van der Waals surface area contributed by atoms with E-state index in [0.29, 0.717) is 13.2 Å². The van der Waals surface area contributed by atoms with E-state index in [-0.39, 0.29) is 18.9 Å². The zero-order valence-electron chi connectivity index (χ0n) is 13.6. The highest BCUT2D eigenvalue weighted by Gasteiger charge is 2.43. The quantitative estimate of drug-likeness (QED) is 0.426. The second kappa shape index (κ2) is 8.64. The summed E-state index contributed by atoms with van der Waals surface area (Å²) >= 11 is 0. The summed E-state index contributed by atoms with van der Waals surface area (Å²) in [6.45, 7) is -0.752. The molecule has 1 aliphatic carbocycles. The summed E-state index contributed by atoms with van der Waals surface area (Å²) in [5, 5.41) is 2.70. The Morgan fingerprint density at radius 1 is 1.24 bits per heavy atom. The number of allylic oxidation sites excluding steroid dienone is 2. The van der Waals surface area contributed by atoms with Gasteiger partial charge in [-0.15, -0.1) is 0 Å². The van der Waals surface area contributed by atoms with Crippen LogP contribution in [-0.4, -0.2) is 50.1 Å². The molecule has 3 atom stereocenters. The van der Waals surface area contributed by atoms with Crippen LogP contribution in [0, 0.1) is 11.8 Å². The molecule has 0 bridgehead atoms. The van der Waals surface area contributed by atoms with Crippen molar-refractivity contribution in [2.24, 2.45) is 11.8 Å². The van der Waals surface area contributed by atoms with E-state index in [0.717, 1.165) is 12.8 Å². The van der Waals surface area contributed by atoms with Crippen molar-refractivity contribution in [3.05, 3.63) is 12.2 Å². The summed E-state index contributed by atoms with van der Waals surface area (Å²) in [6, 6.07) is 0. The average molecular weight is 367 g/mol. The molecule has 9 heteroatoms. The van der Waals surface area contributed by atoms with Crippen molar-refractivity contribution in [3.8, 4) is 0 Å². The second-order valence-electron chi connectivity index (χ2n) is 6.21. The topological polar surface area (TPSA) is 64.6 Å². The minimum atomic E-state index is -4.41. The van der Waals surface area contributed by atoms with Crippen LogP contribution in [0.3, 0.4) is 0 Å². The lowest BCUT2D eigenvalue weighted by Crippen LogP contribution is -2.43. The molecule has 1 amide bonds. The molecule has 0 saturated carbocycles. The standard InChI is InChI=1S/C16H21F4NO4/c17-15(18)16(19,20)9-25-14(23)12-6-2-1-5-11(12)13(22)21-8-10-4-3-7-24-10/h1-2,10-12,15H,3-9H2,(H,21,22)/t10-,11-,12+/m1/s1. The normalized spacial score (nSPS) is 26.7. The van der Waals surface area contributed by atoms with Crippen molar-refractivity contribution in [3.63, 3.8) is 0 Å². The lowest BCUT2D eigenvalue weighted by molar-refractivity contribution is -0.184. The molecule has 1 N–H and O–H groups in total. The molecule has 0 spiro atoms. The van der Waals surface area contributed by atoms with Gasteiger partial charge in [-0.2, -0.15) is 8.78 Å². The first-order valence-corrected chi connectivity index (χ1v) is 8.18.